The summed E-state index contributed by atoms with van der Waals surface area (Å²) in [5.41, 5.74) is 13.6. The van der Waals surface area contributed by atoms with Gasteiger partial charge in [0.15, 0.2) is 5.82 Å². The third-order valence-electron chi connectivity index (χ3n) is 5.60. The van der Waals surface area contributed by atoms with E-state index in [2.05, 4.69) is 27.1 Å². The summed E-state index contributed by atoms with van der Waals surface area (Å²) < 4.78 is 5.28. The van der Waals surface area contributed by atoms with Crippen molar-refractivity contribution < 1.29 is 9.53 Å². The molecule has 3 aromatic rings. The number of halogens is 1. The zero-order valence-corrected chi connectivity index (χ0v) is 20.4. The summed E-state index contributed by atoms with van der Waals surface area (Å²) in [6, 6.07) is 14.8. The minimum absolute atomic E-state index is 0.144. The first-order valence-electron chi connectivity index (χ1n) is 10.9. The number of nitrogens with zero attached hydrogens (tertiary/aromatic N) is 3. The average Bonchev–Trinajstić information content (AvgIpc) is 2.82. The molecule has 178 valence electrons. The molecule has 10 heteroatoms. The van der Waals surface area contributed by atoms with E-state index in [-0.39, 0.29) is 12.1 Å². The number of anilines is 3. The van der Waals surface area contributed by atoms with Crippen LogP contribution in [0.3, 0.4) is 0 Å². The normalized spacial score (nSPS) is 15.1. The molecule has 1 aromatic heterocycles. The number of carbonyl (C=O) groups excluding carboxylic acids is 1. The lowest BCUT2D eigenvalue weighted by Gasteiger charge is -2.37. The van der Waals surface area contributed by atoms with E-state index in [1.807, 2.05) is 36.4 Å². The number of hydrogen-bond acceptors (Lipinski definition) is 8. The molecule has 0 saturated carbocycles. The number of nitrogens with one attached hydrogen (secondary N) is 1. The molecular formula is C24H27ClN6O2S. The Morgan fingerprint density at radius 3 is 2.65 bits per heavy atom. The molecule has 1 fully saturated rings. The fourth-order valence-corrected chi connectivity index (χ4v) is 4.62. The van der Waals surface area contributed by atoms with E-state index in [1.54, 1.807) is 18.3 Å². The fourth-order valence-electron chi connectivity index (χ4n) is 3.52. The molecule has 1 amide bonds. The summed E-state index contributed by atoms with van der Waals surface area (Å²) in [6.07, 6.45) is 2.89. The van der Waals surface area contributed by atoms with Crippen LogP contribution < -0.4 is 21.7 Å². The monoisotopic (exact) mass is 498 g/mol. The van der Waals surface area contributed by atoms with Gasteiger partial charge in [0.25, 0.3) is 0 Å². The summed E-state index contributed by atoms with van der Waals surface area (Å²) in [5.74, 6) is 1.06. The largest absolute Gasteiger partial charge is 0.444 e. The molecule has 0 radical (unpaired) electrons. The van der Waals surface area contributed by atoms with Gasteiger partial charge in [-0.15, -0.1) is 0 Å². The fraction of sp³-hybridized carbons (Fsp3) is 0.292. The Bertz CT molecular complexity index is 1150. The van der Waals surface area contributed by atoms with Crippen LogP contribution in [-0.4, -0.2) is 34.7 Å². The lowest BCUT2D eigenvalue weighted by Crippen LogP contribution is -2.48. The third-order valence-corrected chi connectivity index (χ3v) is 7.19. The van der Waals surface area contributed by atoms with Crippen molar-refractivity contribution in [3.63, 3.8) is 0 Å². The van der Waals surface area contributed by atoms with Gasteiger partial charge >= 0.3 is 6.09 Å². The molecule has 0 atom stereocenters. The summed E-state index contributed by atoms with van der Waals surface area (Å²) in [6.45, 7) is 3.86. The molecule has 1 saturated heterocycles. The highest BCUT2D eigenvalue weighted by Crippen LogP contribution is 2.38. The maximum absolute atomic E-state index is 12.2. The van der Waals surface area contributed by atoms with E-state index < -0.39 is 6.09 Å². The number of amides is 1. The summed E-state index contributed by atoms with van der Waals surface area (Å²) in [7, 11) is 0. The van der Waals surface area contributed by atoms with Gasteiger partial charge in [-0.05, 0) is 37.5 Å². The summed E-state index contributed by atoms with van der Waals surface area (Å²) in [4.78, 5) is 24.1. The van der Waals surface area contributed by atoms with Gasteiger partial charge in [-0.3, -0.25) is 5.32 Å². The van der Waals surface area contributed by atoms with Crippen molar-refractivity contribution in [2.45, 2.75) is 41.8 Å². The van der Waals surface area contributed by atoms with Gasteiger partial charge in [0.05, 0.1) is 16.9 Å². The molecule has 2 heterocycles. The second kappa shape index (κ2) is 10.5. The van der Waals surface area contributed by atoms with E-state index in [0.29, 0.717) is 26.4 Å². The highest BCUT2D eigenvalue weighted by atomic mass is 35.5. The zero-order chi connectivity index (χ0) is 24.1. The maximum Gasteiger partial charge on any atom is 0.412 e. The molecule has 4 rings (SSSR count). The predicted octanol–water partition coefficient (Wildman–Crippen LogP) is 4.93. The highest BCUT2D eigenvalue weighted by molar-refractivity contribution is 7.99. The van der Waals surface area contributed by atoms with Crippen molar-refractivity contribution in [2.75, 3.05) is 29.0 Å². The van der Waals surface area contributed by atoms with E-state index in [4.69, 9.17) is 27.8 Å². The van der Waals surface area contributed by atoms with Crippen LogP contribution in [0.2, 0.25) is 5.02 Å². The molecule has 2 aromatic carbocycles. The van der Waals surface area contributed by atoms with Crippen LogP contribution in [0.1, 0.15) is 25.3 Å². The van der Waals surface area contributed by atoms with Gasteiger partial charge in [-0.2, -0.15) is 0 Å². The number of hydrogen-bond donors (Lipinski definition) is 3. The lowest BCUT2D eigenvalue weighted by molar-refractivity contribution is 0.155. The number of piperidine rings is 1. The lowest BCUT2D eigenvalue weighted by atomic mass is 9.91. The molecule has 0 unspecified atom stereocenters. The van der Waals surface area contributed by atoms with Crippen LogP contribution in [0.15, 0.2) is 64.6 Å². The van der Waals surface area contributed by atoms with Crippen LogP contribution in [0, 0.1) is 0 Å². The minimum atomic E-state index is -0.591. The van der Waals surface area contributed by atoms with Crippen LogP contribution in [0.25, 0.3) is 0 Å². The molecule has 34 heavy (non-hydrogen) atoms. The third kappa shape index (κ3) is 6.11. The number of ether oxygens (including phenoxy) is 1. The smallest absolute Gasteiger partial charge is 0.412 e. The van der Waals surface area contributed by atoms with E-state index in [0.717, 1.165) is 37.3 Å². The van der Waals surface area contributed by atoms with Gasteiger partial charge in [0, 0.05) is 23.5 Å². The van der Waals surface area contributed by atoms with Gasteiger partial charge in [0.1, 0.15) is 17.5 Å². The average molecular weight is 499 g/mol. The minimum Gasteiger partial charge on any atom is -0.444 e. The Balaban J connectivity index is 1.40. The van der Waals surface area contributed by atoms with Gasteiger partial charge in [-0.1, -0.05) is 59.8 Å². The summed E-state index contributed by atoms with van der Waals surface area (Å²) in [5, 5.41) is 3.59. The molecule has 5 N–H and O–H groups in total. The first-order valence-corrected chi connectivity index (χ1v) is 12.1. The van der Waals surface area contributed by atoms with Gasteiger partial charge in [-0.25, -0.2) is 14.8 Å². The van der Waals surface area contributed by atoms with E-state index in [9.17, 15) is 4.79 Å². The molecular weight excluding hydrogens is 472 g/mol. The number of aromatic nitrogens is 2. The Kier molecular flexibility index (Phi) is 7.45. The summed E-state index contributed by atoms with van der Waals surface area (Å²) >= 11 is 7.84. The van der Waals surface area contributed by atoms with Crippen molar-refractivity contribution in [3.05, 3.63) is 65.3 Å². The van der Waals surface area contributed by atoms with Crippen LogP contribution in [0.5, 0.6) is 0 Å². The number of benzene rings is 2. The molecule has 1 aliphatic rings. The number of nitrogens with two attached hydrogens (primary N) is 2. The predicted molar refractivity (Wildman–Crippen MR) is 136 cm³/mol. The Hall–Kier alpha value is -3.01. The van der Waals surface area contributed by atoms with Crippen LogP contribution in [-0.2, 0) is 11.3 Å². The van der Waals surface area contributed by atoms with Crippen molar-refractivity contribution in [1.29, 1.82) is 0 Å². The molecule has 1 aliphatic heterocycles. The molecule has 0 aliphatic carbocycles. The maximum atomic E-state index is 12.2. The Morgan fingerprint density at radius 2 is 1.94 bits per heavy atom. The Labute approximate surface area is 208 Å². The highest BCUT2D eigenvalue weighted by Gasteiger charge is 2.27. The quantitative estimate of drug-likeness (QED) is 0.437. The first-order chi connectivity index (χ1) is 16.3. The van der Waals surface area contributed by atoms with Crippen molar-refractivity contribution in [2.24, 2.45) is 5.73 Å². The molecule has 0 spiro atoms. The van der Waals surface area contributed by atoms with Crippen molar-refractivity contribution >= 4 is 46.8 Å². The van der Waals surface area contributed by atoms with Gasteiger partial charge in [0.2, 0.25) is 0 Å². The second-order valence-electron chi connectivity index (χ2n) is 8.47. The standard InChI is InChI=1S/C24H27ClN6O2S/c1-24(27)10-12-31(13-11-24)19-14-28-22(21(26)30-19)34-18-9-5-8-17(20(18)25)29-23(32)33-15-16-6-3-2-4-7-16/h2-9,14H,10-13,15,27H2,1H3,(H2,26,30)(H,29,32). The zero-order valence-electron chi connectivity index (χ0n) is 18.8. The van der Waals surface area contributed by atoms with Crippen LogP contribution in [0.4, 0.5) is 22.1 Å². The van der Waals surface area contributed by atoms with Crippen LogP contribution >= 0.6 is 23.4 Å². The number of carbonyl (C=O) groups is 1. The van der Waals surface area contributed by atoms with Crippen molar-refractivity contribution in [3.8, 4) is 0 Å². The number of nitrogen functional groups attached to an aromatic ring is 1. The van der Waals surface area contributed by atoms with E-state index in [1.165, 1.54) is 11.8 Å². The molecule has 8 nitrogen and oxygen atoms in total. The Morgan fingerprint density at radius 1 is 1.21 bits per heavy atom. The first kappa shape index (κ1) is 24.1. The van der Waals surface area contributed by atoms with Gasteiger partial charge < -0.3 is 21.1 Å². The topological polar surface area (TPSA) is 119 Å². The number of rotatable bonds is 6. The van der Waals surface area contributed by atoms with E-state index >= 15 is 0 Å². The van der Waals surface area contributed by atoms with Crippen molar-refractivity contribution in [1.82, 2.24) is 9.97 Å². The molecule has 0 bridgehead atoms. The second-order valence-corrected chi connectivity index (χ2v) is 9.87. The SMILES string of the molecule is CC1(N)CCN(c2cnc(Sc3cccc(NC(=O)OCc4ccccc4)c3Cl)c(N)n2)CC1.